The fraction of sp³-hybridized carbons (Fsp3) is 0.867. The fourth-order valence-corrected chi connectivity index (χ4v) is 2.67. The van der Waals surface area contributed by atoms with Gasteiger partial charge in [-0.2, -0.15) is 0 Å². The van der Waals surface area contributed by atoms with E-state index in [1.165, 1.54) is 6.42 Å². The Morgan fingerprint density at radius 3 is 2.45 bits per heavy atom. The number of hydrogen-bond acceptors (Lipinski definition) is 4. The zero-order valence-electron chi connectivity index (χ0n) is 13.1. The van der Waals surface area contributed by atoms with E-state index in [0.717, 1.165) is 12.8 Å². The highest BCUT2D eigenvalue weighted by molar-refractivity contribution is 5.71. The van der Waals surface area contributed by atoms with Gasteiger partial charge in [-0.25, -0.2) is 0 Å². The van der Waals surface area contributed by atoms with Gasteiger partial charge in [0.05, 0.1) is 21.1 Å². The number of carboxylic acids is 1. The Morgan fingerprint density at radius 2 is 1.95 bits per heavy atom. The predicted molar refractivity (Wildman–Crippen MR) is 73.5 cm³/mol. The molecule has 5 heteroatoms. The van der Waals surface area contributed by atoms with Crippen LogP contribution in [0.3, 0.4) is 0 Å². The topological polar surface area (TPSA) is 66.4 Å². The molecule has 20 heavy (non-hydrogen) atoms. The lowest BCUT2D eigenvalue weighted by Gasteiger charge is -2.29. The van der Waals surface area contributed by atoms with Gasteiger partial charge in [-0.3, -0.25) is 4.79 Å². The summed E-state index contributed by atoms with van der Waals surface area (Å²) in [7, 11) is 5.82. The van der Waals surface area contributed by atoms with Crippen LogP contribution in [0.4, 0.5) is 0 Å². The number of carbonyl (C=O) groups is 2. The molecule has 0 aromatic rings. The summed E-state index contributed by atoms with van der Waals surface area (Å²) in [5.74, 6) is -0.347. The van der Waals surface area contributed by atoms with Gasteiger partial charge in [0.15, 0.2) is 6.10 Å². The van der Waals surface area contributed by atoms with Crippen molar-refractivity contribution in [1.82, 2.24) is 0 Å². The predicted octanol–water partition coefficient (Wildman–Crippen LogP) is 0.571. The van der Waals surface area contributed by atoms with E-state index < -0.39 is 12.1 Å². The van der Waals surface area contributed by atoms with Crippen LogP contribution in [-0.2, 0) is 14.3 Å². The zero-order valence-corrected chi connectivity index (χ0v) is 13.1. The van der Waals surface area contributed by atoms with E-state index in [9.17, 15) is 14.7 Å². The molecule has 0 radical (unpaired) electrons. The van der Waals surface area contributed by atoms with Gasteiger partial charge >= 0.3 is 5.97 Å². The first-order chi connectivity index (χ1) is 9.21. The Kier molecular flexibility index (Phi) is 5.99. The molecule has 5 nitrogen and oxygen atoms in total. The van der Waals surface area contributed by atoms with Gasteiger partial charge in [0.2, 0.25) is 0 Å². The lowest BCUT2D eigenvalue weighted by atomic mass is 10.1. The van der Waals surface area contributed by atoms with Crippen LogP contribution in [-0.4, -0.2) is 50.2 Å². The standard InChI is InChI=1S/C15H27NO4/c1-5-6-11-7-12(11)8-15(19)20-13(9-14(17)18)10-16(2,3)4/h11-13H,5-10H2,1-4H3/t11-,12-,13-/m1/s1. The number of likely N-dealkylation sites (N-methyl/N-ethyl adjacent to an activating group) is 1. The van der Waals surface area contributed by atoms with E-state index in [4.69, 9.17) is 4.74 Å². The summed E-state index contributed by atoms with van der Waals surface area (Å²) in [6.45, 7) is 2.62. The van der Waals surface area contributed by atoms with E-state index in [0.29, 0.717) is 29.3 Å². The molecule has 0 aliphatic heterocycles. The summed E-state index contributed by atoms with van der Waals surface area (Å²) in [6.07, 6.45) is 3.00. The number of quaternary nitrogens is 1. The van der Waals surface area contributed by atoms with E-state index in [-0.39, 0.29) is 12.4 Å². The molecule has 0 bridgehead atoms. The molecule has 0 saturated heterocycles. The van der Waals surface area contributed by atoms with E-state index in [1.54, 1.807) is 0 Å². The van der Waals surface area contributed by atoms with Crippen molar-refractivity contribution in [2.75, 3.05) is 27.7 Å². The maximum Gasteiger partial charge on any atom is 0.306 e. The van der Waals surface area contributed by atoms with Crippen molar-refractivity contribution in [2.24, 2.45) is 11.8 Å². The van der Waals surface area contributed by atoms with Crippen molar-refractivity contribution in [2.45, 2.75) is 45.1 Å². The first kappa shape index (κ1) is 17.0. The maximum atomic E-state index is 11.9. The van der Waals surface area contributed by atoms with E-state index in [1.807, 2.05) is 21.1 Å². The van der Waals surface area contributed by atoms with Gasteiger partial charge in [0.1, 0.15) is 6.54 Å². The molecule has 1 aliphatic rings. The van der Waals surface area contributed by atoms with Crippen molar-refractivity contribution in [3.05, 3.63) is 0 Å². The molecule has 1 rings (SSSR count). The minimum Gasteiger partial charge on any atom is -0.550 e. The summed E-state index contributed by atoms with van der Waals surface area (Å²) in [5, 5.41) is 10.7. The third-order valence-corrected chi connectivity index (χ3v) is 3.60. The number of esters is 1. The highest BCUT2D eigenvalue weighted by atomic mass is 16.5. The molecular formula is C15H27NO4. The smallest absolute Gasteiger partial charge is 0.306 e. The molecule has 3 atom stereocenters. The van der Waals surface area contributed by atoms with Crippen LogP contribution >= 0.6 is 0 Å². The SMILES string of the molecule is CCC[C@@H]1C[C@@H]1CC(=O)O[C@H](CC(=O)[O-])C[N+](C)(C)C. The Bertz CT molecular complexity index is 348. The molecule has 1 saturated carbocycles. The van der Waals surface area contributed by atoms with E-state index >= 15 is 0 Å². The van der Waals surface area contributed by atoms with Crippen molar-refractivity contribution in [1.29, 1.82) is 0 Å². The summed E-state index contributed by atoms with van der Waals surface area (Å²) in [5.41, 5.74) is 0. The van der Waals surface area contributed by atoms with Crippen LogP contribution in [0.5, 0.6) is 0 Å². The average molecular weight is 285 g/mol. The molecule has 0 heterocycles. The molecule has 116 valence electrons. The quantitative estimate of drug-likeness (QED) is 0.459. The van der Waals surface area contributed by atoms with Crippen molar-refractivity contribution < 1.29 is 23.9 Å². The maximum absolute atomic E-state index is 11.9. The Labute approximate surface area is 121 Å². The van der Waals surface area contributed by atoms with Crippen LogP contribution in [0.25, 0.3) is 0 Å². The molecule has 0 aromatic carbocycles. The van der Waals surface area contributed by atoms with Gasteiger partial charge in [0, 0.05) is 18.8 Å². The highest BCUT2D eigenvalue weighted by Gasteiger charge is 2.38. The zero-order chi connectivity index (χ0) is 15.3. The highest BCUT2D eigenvalue weighted by Crippen LogP contribution is 2.44. The number of hydrogen-bond donors (Lipinski definition) is 0. The van der Waals surface area contributed by atoms with E-state index in [2.05, 4.69) is 6.92 Å². The molecule has 0 unspecified atom stereocenters. The number of nitrogens with zero attached hydrogens (tertiary/aromatic N) is 1. The Morgan fingerprint density at radius 1 is 1.30 bits per heavy atom. The summed E-state index contributed by atoms with van der Waals surface area (Å²) in [6, 6.07) is 0. The van der Waals surface area contributed by atoms with Crippen LogP contribution in [0.15, 0.2) is 0 Å². The van der Waals surface area contributed by atoms with Crippen LogP contribution in [0, 0.1) is 11.8 Å². The normalized spacial score (nSPS) is 23.2. The second-order valence-electron chi connectivity index (χ2n) is 6.91. The van der Waals surface area contributed by atoms with Crippen LogP contribution < -0.4 is 5.11 Å². The van der Waals surface area contributed by atoms with Crippen molar-refractivity contribution >= 4 is 11.9 Å². The summed E-state index contributed by atoms with van der Waals surface area (Å²) in [4.78, 5) is 22.6. The number of carbonyl (C=O) groups excluding carboxylic acids is 2. The molecule has 0 spiro atoms. The number of ether oxygens (including phenoxy) is 1. The van der Waals surface area contributed by atoms with Gasteiger partial charge in [-0.05, 0) is 18.3 Å². The molecule has 0 amide bonds. The second kappa shape index (κ2) is 7.07. The summed E-state index contributed by atoms with van der Waals surface area (Å²) >= 11 is 0. The van der Waals surface area contributed by atoms with Gasteiger partial charge in [-0.1, -0.05) is 19.8 Å². The van der Waals surface area contributed by atoms with Crippen LogP contribution in [0.2, 0.25) is 0 Å². The molecule has 0 aromatic heterocycles. The minimum atomic E-state index is -1.17. The van der Waals surface area contributed by atoms with Crippen molar-refractivity contribution in [3.63, 3.8) is 0 Å². The monoisotopic (exact) mass is 285 g/mol. The second-order valence-corrected chi connectivity index (χ2v) is 6.91. The molecule has 1 fully saturated rings. The number of rotatable bonds is 9. The fourth-order valence-electron chi connectivity index (χ4n) is 2.67. The Hall–Kier alpha value is -1.10. The third kappa shape index (κ3) is 6.89. The first-order valence-electron chi connectivity index (χ1n) is 7.41. The number of aliphatic carboxylic acids is 1. The Balaban J connectivity index is 2.40. The molecular weight excluding hydrogens is 258 g/mol. The summed E-state index contributed by atoms with van der Waals surface area (Å²) < 4.78 is 5.89. The lowest BCUT2D eigenvalue weighted by molar-refractivity contribution is -0.873. The third-order valence-electron chi connectivity index (χ3n) is 3.60. The largest absolute Gasteiger partial charge is 0.550 e. The lowest BCUT2D eigenvalue weighted by Crippen LogP contribution is -2.45. The van der Waals surface area contributed by atoms with Gasteiger partial charge < -0.3 is 19.1 Å². The minimum absolute atomic E-state index is 0.232. The van der Waals surface area contributed by atoms with Gasteiger partial charge in [0.25, 0.3) is 0 Å². The number of carboxylic acid groups (broad SMARTS) is 1. The van der Waals surface area contributed by atoms with Crippen LogP contribution in [0.1, 0.15) is 39.0 Å². The van der Waals surface area contributed by atoms with Gasteiger partial charge in [-0.15, -0.1) is 0 Å². The molecule has 1 aliphatic carbocycles. The van der Waals surface area contributed by atoms with Crippen molar-refractivity contribution in [3.8, 4) is 0 Å². The molecule has 0 N–H and O–H groups in total. The first-order valence-corrected chi connectivity index (χ1v) is 7.41. The average Bonchev–Trinajstić information content (AvgIpc) is 2.92.